The number of hydrogen-bond donors (Lipinski definition) is 1. The quantitative estimate of drug-likeness (QED) is 0.884. The van der Waals surface area contributed by atoms with Crippen molar-refractivity contribution in [2.75, 3.05) is 31.2 Å². The highest BCUT2D eigenvalue weighted by atomic mass is 35.5. The third kappa shape index (κ3) is 3.59. The number of nitrogens with two attached hydrogens (primary N) is 1. The molecule has 1 fully saturated rings. The smallest absolute Gasteiger partial charge is 0.245 e. The Morgan fingerprint density at radius 1 is 1.35 bits per heavy atom. The molecule has 3 heterocycles. The molecule has 1 saturated heterocycles. The van der Waals surface area contributed by atoms with E-state index >= 15 is 0 Å². The first kappa shape index (κ1) is 17.1. The van der Waals surface area contributed by atoms with Crippen LogP contribution in [0.4, 0.5) is 5.95 Å². The number of halogens is 1. The van der Waals surface area contributed by atoms with Crippen LogP contribution in [0.5, 0.6) is 0 Å². The summed E-state index contributed by atoms with van der Waals surface area (Å²) in [5.74, 6) is 1.86. The van der Waals surface area contributed by atoms with Crippen LogP contribution < -0.4 is 10.6 Å². The number of morpholine rings is 1. The van der Waals surface area contributed by atoms with Gasteiger partial charge >= 0.3 is 0 Å². The summed E-state index contributed by atoms with van der Waals surface area (Å²) in [5, 5.41) is 13.4. The molecule has 3 rings (SSSR count). The minimum atomic E-state index is -0.278. The van der Waals surface area contributed by atoms with E-state index in [1.807, 2.05) is 13.0 Å². The molecule has 1 atom stereocenters. The van der Waals surface area contributed by atoms with Crippen LogP contribution in [0.2, 0.25) is 0 Å². The fourth-order valence-electron chi connectivity index (χ4n) is 2.25. The average Bonchev–Trinajstić information content (AvgIpc) is 3.01. The third-order valence-electron chi connectivity index (χ3n) is 3.42. The van der Waals surface area contributed by atoms with Gasteiger partial charge in [-0.15, -0.1) is 17.5 Å². The van der Waals surface area contributed by atoms with Gasteiger partial charge in [0.1, 0.15) is 6.07 Å². The maximum absolute atomic E-state index is 8.85. The lowest BCUT2D eigenvalue weighted by molar-refractivity contribution is 0.122. The van der Waals surface area contributed by atoms with E-state index in [0.29, 0.717) is 36.4 Å². The van der Waals surface area contributed by atoms with Gasteiger partial charge in [-0.2, -0.15) is 14.9 Å². The normalized spacial score (nSPS) is 15.6. The van der Waals surface area contributed by atoms with E-state index in [4.69, 9.17) is 15.7 Å². The summed E-state index contributed by atoms with van der Waals surface area (Å²) in [6, 6.07) is 5.20. The molecule has 0 saturated carbocycles. The summed E-state index contributed by atoms with van der Waals surface area (Å²) < 4.78 is 6.98. The Bertz CT molecular complexity index is 686. The van der Waals surface area contributed by atoms with Crippen LogP contribution in [0.15, 0.2) is 18.3 Å². The van der Waals surface area contributed by atoms with Gasteiger partial charge in [0.25, 0.3) is 0 Å². The Morgan fingerprint density at radius 2 is 2.09 bits per heavy atom. The SMILES string of the molecule is C[C@H](N)c1nc(N2CCOCC2)nn1-c1ccc(C#N)cn1.Cl. The molecule has 0 unspecified atom stereocenters. The van der Waals surface area contributed by atoms with Crippen LogP contribution in [0.1, 0.15) is 24.4 Å². The fourth-order valence-corrected chi connectivity index (χ4v) is 2.25. The van der Waals surface area contributed by atoms with Gasteiger partial charge in [-0.1, -0.05) is 0 Å². The predicted octanol–water partition coefficient (Wildman–Crippen LogP) is 0.812. The summed E-state index contributed by atoms with van der Waals surface area (Å²) in [6.45, 7) is 4.69. The zero-order valence-corrected chi connectivity index (χ0v) is 13.5. The number of nitriles is 1. The monoisotopic (exact) mass is 335 g/mol. The first-order chi connectivity index (χ1) is 10.7. The highest BCUT2D eigenvalue weighted by Gasteiger charge is 2.21. The van der Waals surface area contributed by atoms with Gasteiger partial charge in [0.15, 0.2) is 11.6 Å². The first-order valence-corrected chi connectivity index (χ1v) is 7.11. The summed E-state index contributed by atoms with van der Waals surface area (Å²) in [4.78, 5) is 10.9. The first-order valence-electron chi connectivity index (χ1n) is 7.11. The molecule has 0 aromatic carbocycles. The predicted molar refractivity (Wildman–Crippen MR) is 86.8 cm³/mol. The molecular weight excluding hydrogens is 318 g/mol. The molecule has 9 heteroatoms. The van der Waals surface area contributed by atoms with Gasteiger partial charge in [0, 0.05) is 19.3 Å². The molecule has 122 valence electrons. The molecule has 0 aliphatic carbocycles. The van der Waals surface area contributed by atoms with Gasteiger partial charge in [-0.05, 0) is 19.1 Å². The van der Waals surface area contributed by atoms with Crippen molar-refractivity contribution in [2.24, 2.45) is 5.73 Å². The van der Waals surface area contributed by atoms with Crippen LogP contribution in [0.25, 0.3) is 5.82 Å². The van der Waals surface area contributed by atoms with Crippen LogP contribution in [0, 0.1) is 11.3 Å². The van der Waals surface area contributed by atoms with Crippen LogP contribution in [-0.2, 0) is 4.74 Å². The van der Waals surface area contributed by atoms with Crippen molar-refractivity contribution in [3.63, 3.8) is 0 Å². The molecule has 0 bridgehead atoms. The molecule has 2 aromatic heterocycles. The molecule has 1 aliphatic rings. The minimum absolute atomic E-state index is 0. The minimum Gasteiger partial charge on any atom is -0.378 e. The van der Waals surface area contributed by atoms with Crippen molar-refractivity contribution < 1.29 is 4.74 Å². The summed E-state index contributed by atoms with van der Waals surface area (Å²) >= 11 is 0. The number of nitrogens with zero attached hydrogens (tertiary/aromatic N) is 6. The molecular formula is C14H18ClN7O. The highest BCUT2D eigenvalue weighted by molar-refractivity contribution is 5.85. The maximum atomic E-state index is 8.85. The lowest BCUT2D eigenvalue weighted by Crippen LogP contribution is -2.37. The summed E-state index contributed by atoms with van der Waals surface area (Å²) in [5.41, 5.74) is 6.50. The molecule has 2 aromatic rings. The standard InChI is InChI=1S/C14H17N7O.ClH/c1-10(16)13-18-14(20-4-6-22-7-5-20)19-21(13)12-3-2-11(8-15)9-17-12;/h2-3,9-10H,4-7,16H2,1H3;1H/t10-;/m0./s1. The van der Waals surface area contributed by atoms with E-state index in [1.165, 1.54) is 6.20 Å². The van der Waals surface area contributed by atoms with Gasteiger partial charge in [-0.3, -0.25) is 0 Å². The lowest BCUT2D eigenvalue weighted by Gasteiger charge is -2.25. The zero-order chi connectivity index (χ0) is 15.5. The molecule has 23 heavy (non-hydrogen) atoms. The van der Waals surface area contributed by atoms with E-state index in [-0.39, 0.29) is 18.4 Å². The molecule has 0 spiro atoms. The van der Waals surface area contributed by atoms with Crippen LogP contribution in [0.3, 0.4) is 0 Å². The number of rotatable bonds is 3. The molecule has 0 radical (unpaired) electrons. The molecule has 8 nitrogen and oxygen atoms in total. The van der Waals surface area contributed by atoms with Crippen molar-refractivity contribution in [1.29, 1.82) is 5.26 Å². The lowest BCUT2D eigenvalue weighted by atomic mass is 10.3. The molecule has 0 amide bonds. The summed E-state index contributed by atoms with van der Waals surface area (Å²) in [7, 11) is 0. The number of aromatic nitrogens is 4. The number of ether oxygens (including phenoxy) is 1. The van der Waals surface area contributed by atoms with Crippen LogP contribution >= 0.6 is 12.4 Å². The van der Waals surface area contributed by atoms with Crippen molar-refractivity contribution in [2.45, 2.75) is 13.0 Å². The van der Waals surface area contributed by atoms with Gasteiger partial charge in [0.2, 0.25) is 5.95 Å². The van der Waals surface area contributed by atoms with Gasteiger partial charge in [-0.25, -0.2) is 4.98 Å². The Balaban J connectivity index is 0.00000192. The highest BCUT2D eigenvalue weighted by Crippen LogP contribution is 2.18. The van der Waals surface area contributed by atoms with Crippen molar-refractivity contribution in [3.05, 3.63) is 29.7 Å². The fraction of sp³-hybridized carbons (Fsp3) is 0.429. The van der Waals surface area contributed by atoms with Gasteiger partial charge in [0.05, 0.1) is 24.8 Å². The maximum Gasteiger partial charge on any atom is 0.245 e. The second-order valence-electron chi connectivity index (χ2n) is 5.09. The van der Waals surface area contributed by atoms with Crippen molar-refractivity contribution in [3.8, 4) is 11.9 Å². The van der Waals surface area contributed by atoms with Crippen molar-refractivity contribution >= 4 is 18.4 Å². The average molecular weight is 336 g/mol. The molecule has 2 N–H and O–H groups in total. The van der Waals surface area contributed by atoms with Gasteiger partial charge < -0.3 is 15.4 Å². The number of hydrogen-bond acceptors (Lipinski definition) is 7. The van der Waals surface area contributed by atoms with Crippen LogP contribution in [-0.4, -0.2) is 46.1 Å². The van der Waals surface area contributed by atoms with Crippen molar-refractivity contribution in [1.82, 2.24) is 19.7 Å². The Kier molecular flexibility index (Phi) is 5.50. The van der Waals surface area contributed by atoms with E-state index in [2.05, 4.69) is 20.0 Å². The van der Waals surface area contributed by atoms with E-state index in [1.54, 1.807) is 16.8 Å². The zero-order valence-electron chi connectivity index (χ0n) is 12.7. The van der Waals surface area contributed by atoms with E-state index < -0.39 is 0 Å². The number of pyridine rings is 1. The Morgan fingerprint density at radius 3 is 2.65 bits per heavy atom. The molecule has 1 aliphatic heterocycles. The third-order valence-corrected chi connectivity index (χ3v) is 3.42. The Hall–Kier alpha value is -2.21. The summed E-state index contributed by atoms with van der Waals surface area (Å²) in [6.07, 6.45) is 1.51. The topological polar surface area (TPSA) is 106 Å². The second-order valence-corrected chi connectivity index (χ2v) is 5.09. The van der Waals surface area contributed by atoms with E-state index in [0.717, 1.165) is 13.1 Å². The largest absolute Gasteiger partial charge is 0.378 e. The second kappa shape index (κ2) is 7.37. The Labute approximate surface area is 140 Å². The number of anilines is 1. The van der Waals surface area contributed by atoms with E-state index in [9.17, 15) is 0 Å².